The van der Waals surface area contributed by atoms with Crippen LogP contribution in [0.25, 0.3) is 0 Å². The number of fused-ring (bicyclic) bond motifs is 1. The molecule has 1 atom stereocenters. The van der Waals surface area contributed by atoms with Crippen molar-refractivity contribution in [3.05, 3.63) is 83.4 Å². The van der Waals surface area contributed by atoms with Gasteiger partial charge in [-0.3, -0.25) is 0 Å². The van der Waals surface area contributed by atoms with E-state index < -0.39 is 16.0 Å². The highest BCUT2D eigenvalue weighted by atomic mass is 32.2. The van der Waals surface area contributed by atoms with Crippen molar-refractivity contribution in [2.24, 2.45) is 0 Å². The van der Waals surface area contributed by atoms with Gasteiger partial charge in [-0.25, -0.2) is 17.8 Å². The number of rotatable bonds is 7. The highest BCUT2D eigenvalue weighted by molar-refractivity contribution is 7.88. The lowest BCUT2D eigenvalue weighted by Gasteiger charge is -2.34. The van der Waals surface area contributed by atoms with Crippen molar-refractivity contribution in [1.82, 2.24) is 14.3 Å². The summed E-state index contributed by atoms with van der Waals surface area (Å²) in [6, 6.07) is 16.4. The lowest BCUT2D eigenvalue weighted by atomic mass is 10.0. The Kier molecular flexibility index (Phi) is 6.38. The molecule has 2 aromatic carbocycles. The molecule has 3 aromatic rings. The molecule has 0 fully saturated rings. The zero-order valence-corrected chi connectivity index (χ0v) is 18.4. The Bertz CT molecular complexity index is 1120. The molecule has 164 valence electrons. The number of hydrogen-bond donors (Lipinski definition) is 1. The van der Waals surface area contributed by atoms with Crippen LogP contribution in [0.4, 0.5) is 10.1 Å². The molecule has 1 aromatic heterocycles. The first kappa shape index (κ1) is 21.5. The van der Waals surface area contributed by atoms with E-state index in [4.69, 9.17) is 0 Å². The molecule has 0 spiro atoms. The van der Waals surface area contributed by atoms with E-state index in [0.29, 0.717) is 6.54 Å². The maximum Gasteiger partial charge on any atom is 0.243 e. The predicted octanol–water partition coefficient (Wildman–Crippen LogP) is 3.80. The zero-order chi connectivity index (χ0) is 21.8. The van der Waals surface area contributed by atoms with Crippen LogP contribution in [-0.2, 0) is 29.5 Å². The van der Waals surface area contributed by atoms with Gasteiger partial charge in [-0.05, 0) is 37.0 Å². The van der Waals surface area contributed by atoms with Crippen LogP contribution in [0.3, 0.4) is 0 Å². The van der Waals surface area contributed by atoms with Gasteiger partial charge in [0.25, 0.3) is 0 Å². The van der Waals surface area contributed by atoms with Gasteiger partial charge in [0.2, 0.25) is 16.0 Å². The van der Waals surface area contributed by atoms with Gasteiger partial charge in [0.15, 0.2) is 0 Å². The quantitative estimate of drug-likeness (QED) is 0.604. The van der Waals surface area contributed by atoms with Gasteiger partial charge in [0.1, 0.15) is 0 Å². The fourth-order valence-electron chi connectivity index (χ4n) is 4.14. The van der Waals surface area contributed by atoms with Crippen LogP contribution in [0, 0.1) is 6.92 Å². The molecule has 0 bridgehead atoms. The number of nitrogens with zero attached hydrogens (tertiary/aromatic N) is 3. The normalized spacial score (nSPS) is 17.4. The topological polar surface area (TPSA) is 69.3 Å². The van der Waals surface area contributed by atoms with Crippen LogP contribution < -0.4 is 4.90 Å². The lowest BCUT2D eigenvalue weighted by Crippen LogP contribution is -2.44. The monoisotopic (exact) mass is 442 g/mol. The van der Waals surface area contributed by atoms with E-state index in [1.807, 2.05) is 49.4 Å². The fraction of sp³-hybridized carbons (Fsp3) is 0.348. The van der Waals surface area contributed by atoms with Gasteiger partial charge >= 0.3 is 0 Å². The number of alkyl halides is 1. The van der Waals surface area contributed by atoms with E-state index in [9.17, 15) is 12.8 Å². The number of aryl methyl sites for hydroxylation is 2. The summed E-state index contributed by atoms with van der Waals surface area (Å²) < 4.78 is 39.8. The molecule has 1 aliphatic heterocycles. The third-order valence-electron chi connectivity index (χ3n) is 5.90. The fourth-order valence-corrected chi connectivity index (χ4v) is 5.01. The molecule has 31 heavy (non-hydrogen) atoms. The summed E-state index contributed by atoms with van der Waals surface area (Å²) in [5.74, 6) is 0. The Morgan fingerprint density at radius 3 is 2.58 bits per heavy atom. The number of para-hydroxylation sites is 1. The average molecular weight is 443 g/mol. The molecule has 1 N–H and O–H groups in total. The van der Waals surface area contributed by atoms with Crippen molar-refractivity contribution in [1.29, 1.82) is 0 Å². The molecule has 0 radical (unpaired) electrons. The number of benzene rings is 2. The van der Waals surface area contributed by atoms with Gasteiger partial charge in [-0.1, -0.05) is 48.5 Å². The lowest BCUT2D eigenvalue weighted by molar-refractivity contribution is 0.360. The average Bonchev–Trinajstić information content (AvgIpc) is 3.11. The van der Waals surface area contributed by atoms with Crippen LogP contribution in [-0.4, -0.2) is 41.3 Å². The van der Waals surface area contributed by atoms with Crippen LogP contribution in [0.5, 0.6) is 0 Å². The second-order valence-electron chi connectivity index (χ2n) is 7.92. The summed E-state index contributed by atoms with van der Waals surface area (Å²) in [7, 11) is -3.98. The summed E-state index contributed by atoms with van der Waals surface area (Å²) in [4.78, 5) is 9.81. The maximum absolute atomic E-state index is 13.4. The van der Waals surface area contributed by atoms with Crippen molar-refractivity contribution in [3.8, 4) is 0 Å². The molecular formula is C23H27FN4O2S. The minimum atomic E-state index is -3.98. The Hall–Kier alpha value is -2.71. The van der Waals surface area contributed by atoms with Crippen molar-refractivity contribution in [2.75, 3.05) is 17.5 Å². The van der Waals surface area contributed by atoms with Crippen LogP contribution in [0.15, 0.2) is 60.9 Å². The van der Waals surface area contributed by atoms with Gasteiger partial charge in [0, 0.05) is 30.5 Å². The van der Waals surface area contributed by atoms with Crippen molar-refractivity contribution >= 4 is 15.7 Å². The number of H-pyrrole nitrogens is 1. The standard InChI is InChI=1S/C23H27FN4O2S/c1-18-22(26-17-25-18)15-28-21(12-11-19-7-3-2-4-8-19)14-27(31(29,30)16-24)13-20-9-5-6-10-23(20)28/h2-10,17,21H,11-16H2,1H3,(H,25,26)/t21-/m0/s1. The minimum absolute atomic E-state index is 0.124. The second-order valence-corrected chi connectivity index (χ2v) is 9.82. The van der Waals surface area contributed by atoms with E-state index in [2.05, 4.69) is 27.0 Å². The summed E-state index contributed by atoms with van der Waals surface area (Å²) >= 11 is 0. The van der Waals surface area contributed by atoms with Crippen molar-refractivity contribution in [2.45, 2.75) is 38.9 Å². The third-order valence-corrected chi connectivity index (χ3v) is 7.24. The molecule has 6 nitrogen and oxygen atoms in total. The van der Waals surface area contributed by atoms with E-state index in [1.54, 1.807) is 6.33 Å². The Balaban J connectivity index is 1.72. The van der Waals surface area contributed by atoms with Crippen molar-refractivity contribution in [3.63, 3.8) is 0 Å². The molecule has 2 heterocycles. The minimum Gasteiger partial charge on any atom is -0.361 e. The van der Waals surface area contributed by atoms with Gasteiger partial charge < -0.3 is 9.88 Å². The van der Waals surface area contributed by atoms with E-state index in [-0.39, 0.29) is 19.1 Å². The summed E-state index contributed by atoms with van der Waals surface area (Å²) in [5.41, 5.74) is 4.93. The number of nitrogens with one attached hydrogen (secondary N) is 1. The first-order chi connectivity index (χ1) is 15.0. The number of hydrogen-bond acceptors (Lipinski definition) is 4. The van der Waals surface area contributed by atoms with Crippen LogP contribution >= 0.6 is 0 Å². The Morgan fingerprint density at radius 1 is 1.13 bits per heavy atom. The molecule has 0 amide bonds. The Labute approximate surface area is 182 Å². The molecule has 0 aliphatic carbocycles. The van der Waals surface area contributed by atoms with E-state index in [0.717, 1.165) is 35.5 Å². The van der Waals surface area contributed by atoms with Gasteiger partial charge in [0.05, 0.1) is 18.6 Å². The number of halogens is 1. The Morgan fingerprint density at radius 2 is 1.87 bits per heavy atom. The number of sulfonamides is 1. The summed E-state index contributed by atoms with van der Waals surface area (Å²) in [6.45, 7) is 2.93. The first-order valence-corrected chi connectivity index (χ1v) is 12.0. The number of imidazole rings is 1. The highest BCUT2D eigenvalue weighted by Gasteiger charge is 2.33. The van der Waals surface area contributed by atoms with Crippen LogP contribution in [0.1, 0.15) is 28.9 Å². The molecule has 0 saturated carbocycles. The molecule has 8 heteroatoms. The molecule has 4 rings (SSSR count). The summed E-state index contributed by atoms with van der Waals surface area (Å²) in [5, 5.41) is 0. The number of aromatic nitrogens is 2. The van der Waals surface area contributed by atoms with E-state index >= 15 is 0 Å². The number of aromatic amines is 1. The van der Waals surface area contributed by atoms with E-state index in [1.165, 1.54) is 9.87 Å². The predicted molar refractivity (Wildman–Crippen MR) is 120 cm³/mol. The van der Waals surface area contributed by atoms with Crippen LogP contribution in [0.2, 0.25) is 0 Å². The third kappa shape index (κ3) is 4.80. The largest absolute Gasteiger partial charge is 0.361 e. The van der Waals surface area contributed by atoms with Crippen molar-refractivity contribution < 1.29 is 12.8 Å². The molecule has 0 unspecified atom stereocenters. The zero-order valence-electron chi connectivity index (χ0n) is 17.5. The van der Waals surface area contributed by atoms with Gasteiger partial charge in [-0.2, -0.15) is 4.31 Å². The second kappa shape index (κ2) is 9.20. The number of anilines is 1. The smallest absolute Gasteiger partial charge is 0.243 e. The van der Waals surface area contributed by atoms with Gasteiger partial charge in [-0.15, -0.1) is 0 Å². The molecular weight excluding hydrogens is 415 g/mol. The maximum atomic E-state index is 13.4. The SMILES string of the molecule is Cc1[nH]cnc1CN1c2ccccc2CN(S(=O)(=O)CF)C[C@@H]1CCc1ccccc1. The molecule has 1 aliphatic rings. The first-order valence-electron chi connectivity index (χ1n) is 10.4. The highest BCUT2D eigenvalue weighted by Crippen LogP contribution is 2.32. The summed E-state index contributed by atoms with van der Waals surface area (Å²) in [6.07, 6.45) is 3.21. The molecule has 0 saturated heterocycles.